The van der Waals surface area contributed by atoms with E-state index in [-0.39, 0.29) is 11.3 Å². The Morgan fingerprint density at radius 2 is 1.95 bits per heavy atom. The Hall–Kier alpha value is -2.53. The first-order valence-corrected chi connectivity index (χ1v) is 5.60. The molecule has 0 heterocycles. The monoisotopic (exact) mass is 257 g/mol. The van der Waals surface area contributed by atoms with Crippen LogP contribution in [-0.4, -0.2) is 16.3 Å². The standard InChI is InChI=1S/C14H11NO4/c16-8-11-3-1-2-4-13(11)10-5-6-14(15(18)19)12(7-10)9-17/h1-8,17H,9H2. The molecule has 0 fully saturated rings. The molecular formula is C14H11NO4. The van der Waals surface area contributed by atoms with Crippen LogP contribution in [0.5, 0.6) is 0 Å². The van der Waals surface area contributed by atoms with Crippen molar-refractivity contribution < 1.29 is 14.8 Å². The van der Waals surface area contributed by atoms with Gasteiger partial charge in [0.15, 0.2) is 6.29 Å². The van der Waals surface area contributed by atoms with Crippen molar-refractivity contribution in [3.8, 4) is 11.1 Å². The number of carbonyl (C=O) groups excluding carboxylic acids is 1. The molecule has 1 N–H and O–H groups in total. The molecule has 0 radical (unpaired) electrons. The molecule has 0 aliphatic carbocycles. The zero-order valence-electron chi connectivity index (χ0n) is 9.95. The number of nitro groups is 1. The Labute approximate surface area is 109 Å². The molecule has 0 saturated heterocycles. The van der Waals surface area contributed by atoms with Gasteiger partial charge in [-0.1, -0.05) is 24.3 Å². The second-order valence-corrected chi connectivity index (χ2v) is 3.96. The summed E-state index contributed by atoms with van der Waals surface area (Å²) in [6.45, 7) is -0.423. The third kappa shape index (κ3) is 2.51. The van der Waals surface area contributed by atoms with Crippen LogP contribution in [0.2, 0.25) is 0 Å². The highest BCUT2D eigenvalue weighted by Crippen LogP contribution is 2.28. The van der Waals surface area contributed by atoms with Crippen molar-refractivity contribution in [2.45, 2.75) is 6.61 Å². The topological polar surface area (TPSA) is 80.4 Å². The number of hydrogen-bond donors (Lipinski definition) is 1. The van der Waals surface area contributed by atoms with E-state index in [1.54, 1.807) is 30.3 Å². The van der Waals surface area contributed by atoms with Crippen molar-refractivity contribution >= 4 is 12.0 Å². The van der Waals surface area contributed by atoms with Gasteiger partial charge in [0.25, 0.3) is 5.69 Å². The van der Waals surface area contributed by atoms with Gasteiger partial charge in [0.2, 0.25) is 0 Å². The lowest BCUT2D eigenvalue weighted by Gasteiger charge is -2.07. The van der Waals surface area contributed by atoms with Crippen LogP contribution in [0.1, 0.15) is 15.9 Å². The normalized spacial score (nSPS) is 10.2. The van der Waals surface area contributed by atoms with Crippen LogP contribution in [0.25, 0.3) is 11.1 Å². The first kappa shape index (κ1) is 12.9. The molecule has 96 valence electrons. The average Bonchev–Trinajstić information content (AvgIpc) is 2.46. The molecule has 5 nitrogen and oxygen atoms in total. The lowest BCUT2D eigenvalue weighted by molar-refractivity contribution is -0.385. The van der Waals surface area contributed by atoms with E-state index in [0.29, 0.717) is 16.7 Å². The summed E-state index contributed by atoms with van der Waals surface area (Å²) in [6, 6.07) is 11.4. The molecule has 0 aromatic heterocycles. The average molecular weight is 257 g/mol. The SMILES string of the molecule is O=Cc1ccccc1-c1ccc([N+](=O)[O-])c(CO)c1. The maximum atomic E-state index is 11.0. The van der Waals surface area contributed by atoms with E-state index in [1.807, 2.05) is 0 Å². The van der Waals surface area contributed by atoms with Crippen LogP contribution >= 0.6 is 0 Å². The molecule has 2 aromatic carbocycles. The Kier molecular flexibility index (Phi) is 3.68. The Morgan fingerprint density at radius 3 is 2.58 bits per heavy atom. The summed E-state index contributed by atoms with van der Waals surface area (Å²) in [7, 11) is 0. The highest BCUT2D eigenvalue weighted by atomic mass is 16.6. The zero-order valence-corrected chi connectivity index (χ0v) is 9.95. The van der Waals surface area contributed by atoms with E-state index in [2.05, 4.69) is 0 Å². The summed E-state index contributed by atoms with van der Waals surface area (Å²) in [5.41, 5.74) is 1.94. The fourth-order valence-corrected chi connectivity index (χ4v) is 1.92. The minimum Gasteiger partial charge on any atom is -0.391 e. The van der Waals surface area contributed by atoms with Gasteiger partial charge in [0.05, 0.1) is 17.1 Å². The summed E-state index contributed by atoms with van der Waals surface area (Å²) < 4.78 is 0. The van der Waals surface area contributed by atoms with Crippen molar-refractivity contribution in [3.63, 3.8) is 0 Å². The van der Waals surface area contributed by atoms with Crippen molar-refractivity contribution in [1.29, 1.82) is 0 Å². The van der Waals surface area contributed by atoms with Gasteiger partial charge in [-0.2, -0.15) is 0 Å². The third-order valence-electron chi connectivity index (χ3n) is 2.85. The predicted octanol–water partition coefficient (Wildman–Crippen LogP) is 2.57. The van der Waals surface area contributed by atoms with E-state index in [4.69, 9.17) is 0 Å². The number of aliphatic hydroxyl groups is 1. The van der Waals surface area contributed by atoms with Crippen LogP contribution < -0.4 is 0 Å². The Morgan fingerprint density at radius 1 is 1.21 bits per heavy atom. The van der Waals surface area contributed by atoms with Crippen molar-refractivity contribution in [2.75, 3.05) is 0 Å². The fraction of sp³-hybridized carbons (Fsp3) is 0.0714. The van der Waals surface area contributed by atoms with Crippen molar-refractivity contribution in [1.82, 2.24) is 0 Å². The van der Waals surface area contributed by atoms with Crippen LogP contribution in [-0.2, 0) is 6.61 Å². The Bertz CT molecular complexity index is 637. The number of aldehydes is 1. The van der Waals surface area contributed by atoms with Gasteiger partial charge in [-0.3, -0.25) is 14.9 Å². The number of carbonyl (C=O) groups is 1. The van der Waals surface area contributed by atoms with Crippen LogP contribution in [0.4, 0.5) is 5.69 Å². The summed E-state index contributed by atoms with van der Waals surface area (Å²) in [4.78, 5) is 21.2. The number of nitrogens with zero attached hydrogens (tertiary/aromatic N) is 1. The molecule has 0 aliphatic heterocycles. The van der Waals surface area contributed by atoms with E-state index in [1.165, 1.54) is 12.1 Å². The molecular weight excluding hydrogens is 246 g/mol. The largest absolute Gasteiger partial charge is 0.391 e. The minimum absolute atomic E-state index is 0.130. The molecule has 2 rings (SSSR count). The fourth-order valence-electron chi connectivity index (χ4n) is 1.92. The molecule has 0 bridgehead atoms. The quantitative estimate of drug-likeness (QED) is 0.518. The van der Waals surface area contributed by atoms with Gasteiger partial charge < -0.3 is 5.11 Å². The zero-order chi connectivity index (χ0) is 13.8. The van der Waals surface area contributed by atoms with Crippen LogP contribution in [0.3, 0.4) is 0 Å². The van der Waals surface area contributed by atoms with E-state index < -0.39 is 11.5 Å². The van der Waals surface area contributed by atoms with E-state index in [0.717, 1.165) is 6.29 Å². The molecule has 5 heteroatoms. The van der Waals surface area contributed by atoms with Gasteiger partial charge in [-0.25, -0.2) is 0 Å². The summed E-state index contributed by atoms with van der Waals surface area (Å²) in [5, 5.41) is 20.0. The molecule has 0 spiro atoms. The first-order chi connectivity index (χ1) is 9.17. The molecule has 19 heavy (non-hydrogen) atoms. The minimum atomic E-state index is -0.541. The Balaban J connectivity index is 2.58. The number of aliphatic hydroxyl groups excluding tert-OH is 1. The highest BCUT2D eigenvalue weighted by Gasteiger charge is 2.14. The number of rotatable bonds is 4. The summed E-state index contributed by atoms with van der Waals surface area (Å²) in [6.07, 6.45) is 0.732. The molecule has 0 unspecified atom stereocenters. The van der Waals surface area contributed by atoms with Crippen molar-refractivity contribution in [2.24, 2.45) is 0 Å². The molecule has 0 amide bonds. The van der Waals surface area contributed by atoms with Gasteiger partial charge in [-0.05, 0) is 23.3 Å². The van der Waals surface area contributed by atoms with Gasteiger partial charge >= 0.3 is 0 Å². The molecule has 0 atom stereocenters. The van der Waals surface area contributed by atoms with Crippen molar-refractivity contribution in [3.05, 3.63) is 63.7 Å². The molecule has 0 saturated carbocycles. The predicted molar refractivity (Wildman–Crippen MR) is 69.8 cm³/mol. The van der Waals surface area contributed by atoms with Crippen LogP contribution in [0, 0.1) is 10.1 Å². The maximum Gasteiger partial charge on any atom is 0.274 e. The highest BCUT2D eigenvalue weighted by molar-refractivity contribution is 5.87. The van der Waals surface area contributed by atoms with Crippen LogP contribution in [0.15, 0.2) is 42.5 Å². The number of benzene rings is 2. The number of nitro benzene ring substituents is 1. The summed E-state index contributed by atoms with van der Waals surface area (Å²) >= 11 is 0. The molecule has 0 aliphatic rings. The smallest absolute Gasteiger partial charge is 0.274 e. The maximum absolute atomic E-state index is 11.0. The lowest BCUT2D eigenvalue weighted by Crippen LogP contribution is -1.96. The summed E-state index contributed by atoms with van der Waals surface area (Å²) in [5.74, 6) is 0. The first-order valence-electron chi connectivity index (χ1n) is 5.60. The van der Waals surface area contributed by atoms with Gasteiger partial charge in [-0.15, -0.1) is 0 Å². The van der Waals surface area contributed by atoms with E-state index in [9.17, 15) is 20.0 Å². The number of hydrogen-bond acceptors (Lipinski definition) is 4. The third-order valence-corrected chi connectivity index (χ3v) is 2.85. The van der Waals surface area contributed by atoms with Gasteiger partial charge in [0.1, 0.15) is 0 Å². The second-order valence-electron chi connectivity index (χ2n) is 3.96. The second kappa shape index (κ2) is 5.41. The van der Waals surface area contributed by atoms with Gasteiger partial charge in [0, 0.05) is 11.6 Å². The van der Waals surface area contributed by atoms with E-state index >= 15 is 0 Å². The lowest BCUT2D eigenvalue weighted by atomic mass is 9.98. The molecule has 2 aromatic rings.